The Balaban J connectivity index is 3.51. The number of halogens is 5. The summed E-state index contributed by atoms with van der Waals surface area (Å²) in [6, 6.07) is 2.38. The van der Waals surface area contributed by atoms with Gasteiger partial charge in [-0.05, 0) is 24.6 Å². The summed E-state index contributed by atoms with van der Waals surface area (Å²) in [7, 11) is 0. The van der Waals surface area contributed by atoms with Gasteiger partial charge in [-0.15, -0.1) is 0 Å². The predicted molar refractivity (Wildman–Crippen MR) is 59.3 cm³/mol. The summed E-state index contributed by atoms with van der Waals surface area (Å²) in [4.78, 5) is 11.4. The number of Topliss-reactive ketones (excluding diaryl/α,β-unsaturated/α-hetero) is 1. The molecule has 0 aliphatic heterocycles. The zero-order valence-corrected chi connectivity index (χ0v) is 10.5. The van der Waals surface area contributed by atoms with Crippen LogP contribution in [-0.4, -0.2) is 11.1 Å². The van der Waals surface area contributed by atoms with Crippen molar-refractivity contribution in [2.24, 2.45) is 0 Å². The minimum atomic E-state index is -4.63. The van der Waals surface area contributed by atoms with E-state index in [0.29, 0.717) is 5.56 Å². The van der Waals surface area contributed by atoms with Crippen LogP contribution in [0.3, 0.4) is 0 Å². The second-order valence-corrected chi connectivity index (χ2v) is 4.19. The number of benzene rings is 1. The molecule has 0 aromatic heterocycles. The van der Waals surface area contributed by atoms with Crippen LogP contribution in [0.4, 0.5) is 13.2 Å². The highest BCUT2D eigenvalue weighted by molar-refractivity contribution is 9.09. The maximum atomic E-state index is 12.7. The Morgan fingerprint density at radius 1 is 1.44 bits per heavy atom. The minimum Gasteiger partial charge on any atom is -0.293 e. The monoisotopic (exact) mass is 314 g/mol. The van der Waals surface area contributed by atoms with Crippen molar-refractivity contribution < 1.29 is 18.0 Å². The highest BCUT2D eigenvalue weighted by Crippen LogP contribution is 2.38. The summed E-state index contributed by atoms with van der Waals surface area (Å²) in [5.74, 6) is -0.641. The molecule has 0 aliphatic rings. The molecule has 1 aromatic rings. The van der Waals surface area contributed by atoms with Gasteiger partial charge in [-0.25, -0.2) is 0 Å². The van der Waals surface area contributed by atoms with E-state index in [2.05, 4.69) is 15.9 Å². The lowest BCUT2D eigenvalue weighted by atomic mass is 10.0. The molecule has 1 rings (SSSR count). The number of carbonyl (C=O) groups is 1. The molecule has 0 saturated heterocycles. The predicted octanol–water partition coefficient (Wildman–Crippen LogP) is 4.24. The molecule has 0 radical (unpaired) electrons. The van der Waals surface area contributed by atoms with E-state index >= 15 is 0 Å². The molecule has 1 aromatic carbocycles. The second-order valence-electron chi connectivity index (χ2n) is 3.22. The molecule has 1 nitrogen and oxygen atoms in total. The van der Waals surface area contributed by atoms with Crippen molar-refractivity contribution in [1.82, 2.24) is 0 Å². The fraction of sp³-hybridized carbons (Fsp3) is 0.300. The van der Waals surface area contributed by atoms with Crippen LogP contribution in [0, 0.1) is 6.92 Å². The fourth-order valence-electron chi connectivity index (χ4n) is 1.32. The molecule has 0 heterocycles. The minimum absolute atomic E-state index is 0.171. The van der Waals surface area contributed by atoms with Crippen LogP contribution in [0.15, 0.2) is 12.1 Å². The maximum absolute atomic E-state index is 12.7. The second kappa shape index (κ2) is 4.75. The van der Waals surface area contributed by atoms with Gasteiger partial charge >= 0.3 is 6.18 Å². The van der Waals surface area contributed by atoms with E-state index in [0.717, 1.165) is 0 Å². The summed E-state index contributed by atoms with van der Waals surface area (Å²) in [6.07, 6.45) is -4.63. The van der Waals surface area contributed by atoms with Crippen molar-refractivity contribution in [3.63, 3.8) is 0 Å². The highest BCUT2D eigenvalue weighted by atomic mass is 79.9. The number of hydrogen-bond donors (Lipinski definition) is 0. The molecule has 0 atom stereocenters. The zero-order chi connectivity index (χ0) is 12.5. The largest absolute Gasteiger partial charge is 0.418 e. The van der Waals surface area contributed by atoms with Crippen LogP contribution >= 0.6 is 27.5 Å². The lowest BCUT2D eigenvalue weighted by Gasteiger charge is -2.14. The van der Waals surface area contributed by atoms with E-state index in [1.54, 1.807) is 6.92 Å². The first-order valence-electron chi connectivity index (χ1n) is 4.24. The number of ketones is 1. The van der Waals surface area contributed by atoms with Crippen LogP contribution < -0.4 is 0 Å². The van der Waals surface area contributed by atoms with Crippen LogP contribution in [0.25, 0.3) is 0 Å². The van der Waals surface area contributed by atoms with E-state index in [4.69, 9.17) is 11.6 Å². The normalized spacial score (nSPS) is 11.6. The van der Waals surface area contributed by atoms with E-state index in [-0.39, 0.29) is 5.33 Å². The van der Waals surface area contributed by atoms with Crippen LogP contribution in [-0.2, 0) is 6.18 Å². The molecule has 0 fully saturated rings. The summed E-state index contributed by atoms with van der Waals surface area (Å²) in [5, 5.41) is -0.618. The third kappa shape index (κ3) is 2.77. The van der Waals surface area contributed by atoms with Gasteiger partial charge < -0.3 is 0 Å². The van der Waals surface area contributed by atoms with Crippen LogP contribution in [0.2, 0.25) is 5.02 Å². The number of aryl methyl sites for hydroxylation is 1. The van der Waals surface area contributed by atoms with Crippen molar-refractivity contribution in [2.45, 2.75) is 13.1 Å². The Morgan fingerprint density at radius 2 is 2.00 bits per heavy atom. The highest BCUT2D eigenvalue weighted by Gasteiger charge is 2.37. The van der Waals surface area contributed by atoms with Gasteiger partial charge in [0.15, 0.2) is 5.78 Å². The van der Waals surface area contributed by atoms with Gasteiger partial charge in [-0.2, -0.15) is 13.2 Å². The molecule has 0 N–H and O–H groups in total. The van der Waals surface area contributed by atoms with Gasteiger partial charge in [0, 0.05) is 5.56 Å². The number of carbonyl (C=O) groups excluding carboxylic acids is 1. The topological polar surface area (TPSA) is 17.1 Å². The Kier molecular flexibility index (Phi) is 4.02. The molecule has 16 heavy (non-hydrogen) atoms. The van der Waals surface area contributed by atoms with Crippen molar-refractivity contribution in [3.05, 3.63) is 33.8 Å². The summed E-state index contributed by atoms with van der Waals surface area (Å²) < 4.78 is 38.1. The average Bonchev–Trinajstić information content (AvgIpc) is 2.12. The van der Waals surface area contributed by atoms with Gasteiger partial charge in [0.05, 0.1) is 15.9 Å². The van der Waals surface area contributed by atoms with Crippen LogP contribution in [0.5, 0.6) is 0 Å². The fourth-order valence-corrected chi connectivity index (χ4v) is 2.01. The molecule has 0 spiro atoms. The third-order valence-electron chi connectivity index (χ3n) is 1.94. The third-order valence-corrected chi connectivity index (χ3v) is 2.75. The van der Waals surface area contributed by atoms with Crippen molar-refractivity contribution >= 4 is 33.3 Å². The van der Waals surface area contributed by atoms with E-state index in [9.17, 15) is 18.0 Å². The Bertz CT molecular complexity index is 429. The first-order valence-corrected chi connectivity index (χ1v) is 5.74. The SMILES string of the molecule is Cc1cc(Cl)c(C(F)(F)F)c(C(=O)CBr)c1. The lowest BCUT2D eigenvalue weighted by Crippen LogP contribution is -2.15. The van der Waals surface area contributed by atoms with E-state index in [1.807, 2.05) is 0 Å². The van der Waals surface area contributed by atoms with Gasteiger partial charge in [0.2, 0.25) is 0 Å². The Morgan fingerprint density at radius 3 is 2.44 bits per heavy atom. The molecule has 0 aliphatic carbocycles. The lowest BCUT2D eigenvalue weighted by molar-refractivity contribution is -0.137. The molecule has 0 saturated carbocycles. The molecular formula is C10H7BrClF3O. The Hall–Kier alpha value is -0.550. The number of alkyl halides is 4. The van der Waals surface area contributed by atoms with Crippen molar-refractivity contribution in [1.29, 1.82) is 0 Å². The van der Waals surface area contributed by atoms with Gasteiger partial charge in [0.1, 0.15) is 0 Å². The van der Waals surface area contributed by atoms with Gasteiger partial charge in [-0.3, -0.25) is 4.79 Å². The van der Waals surface area contributed by atoms with Crippen molar-refractivity contribution in [3.8, 4) is 0 Å². The maximum Gasteiger partial charge on any atom is 0.418 e. The van der Waals surface area contributed by atoms with Gasteiger partial charge in [-0.1, -0.05) is 27.5 Å². The molecule has 88 valence electrons. The molecule has 0 unspecified atom stereocenters. The van der Waals surface area contributed by atoms with E-state index < -0.39 is 28.1 Å². The summed E-state index contributed by atoms with van der Waals surface area (Å²) >= 11 is 8.37. The molecular weight excluding hydrogens is 308 g/mol. The quantitative estimate of drug-likeness (QED) is 0.589. The summed E-state index contributed by atoms with van der Waals surface area (Å²) in [5.41, 5.74) is -0.944. The standard InChI is InChI=1S/C10H7BrClF3O/c1-5-2-6(8(16)4-11)9(7(12)3-5)10(13,14)15/h2-3H,4H2,1H3. The first-order chi connectivity index (χ1) is 7.27. The van der Waals surface area contributed by atoms with Crippen LogP contribution in [0.1, 0.15) is 21.5 Å². The molecule has 0 amide bonds. The summed E-state index contributed by atoms with van der Waals surface area (Å²) in [6.45, 7) is 1.58. The van der Waals surface area contributed by atoms with Crippen molar-refractivity contribution in [2.75, 3.05) is 5.33 Å². The Labute approximate surface area is 104 Å². The van der Waals surface area contributed by atoms with E-state index in [1.165, 1.54) is 12.1 Å². The van der Waals surface area contributed by atoms with Gasteiger partial charge in [0.25, 0.3) is 0 Å². The first kappa shape index (κ1) is 13.5. The molecule has 6 heteroatoms. The number of rotatable bonds is 2. The number of hydrogen-bond acceptors (Lipinski definition) is 1. The molecule has 0 bridgehead atoms. The smallest absolute Gasteiger partial charge is 0.293 e. The zero-order valence-electron chi connectivity index (χ0n) is 8.16. The average molecular weight is 316 g/mol.